The Bertz CT molecular complexity index is 277. The molecule has 1 saturated heterocycles. The molecule has 0 aromatic heterocycles. The Hall–Kier alpha value is -0.350. The van der Waals surface area contributed by atoms with Gasteiger partial charge in [0.1, 0.15) is 6.61 Å². The highest BCUT2D eigenvalue weighted by molar-refractivity contribution is 9.11. The summed E-state index contributed by atoms with van der Waals surface area (Å²) in [6.45, 7) is 3.90. The molecule has 1 aliphatic carbocycles. The Morgan fingerprint density at radius 1 is 1.47 bits per heavy atom. The van der Waals surface area contributed by atoms with Crippen LogP contribution < -0.4 is 0 Å². The van der Waals surface area contributed by atoms with E-state index in [4.69, 9.17) is 9.47 Å². The van der Waals surface area contributed by atoms with Crippen LogP contribution in [0.1, 0.15) is 25.7 Å². The number of hydrogen-bond donors (Lipinski definition) is 0. The van der Waals surface area contributed by atoms with Gasteiger partial charge >= 0.3 is 5.97 Å². The van der Waals surface area contributed by atoms with Gasteiger partial charge in [-0.25, -0.2) is 0 Å². The first-order chi connectivity index (χ1) is 7.16. The molecule has 2 aliphatic rings. The van der Waals surface area contributed by atoms with E-state index in [2.05, 4.69) is 22.5 Å². The number of ether oxygens (including phenoxy) is 2. The fourth-order valence-electron chi connectivity index (χ4n) is 2.09. The van der Waals surface area contributed by atoms with E-state index < -0.39 is 0 Å². The van der Waals surface area contributed by atoms with Gasteiger partial charge in [0.25, 0.3) is 0 Å². The van der Waals surface area contributed by atoms with Gasteiger partial charge in [-0.3, -0.25) is 4.79 Å². The fourth-order valence-corrected chi connectivity index (χ4v) is 2.20. The third-order valence-corrected chi connectivity index (χ3v) is 3.18. The largest absolute Gasteiger partial charge is 0.460 e. The molecule has 0 bridgehead atoms. The van der Waals surface area contributed by atoms with E-state index in [9.17, 15) is 4.79 Å². The van der Waals surface area contributed by atoms with Crippen molar-refractivity contribution in [3.63, 3.8) is 0 Å². The first-order valence-electron chi connectivity index (χ1n) is 5.32. The molecule has 0 radical (unpaired) electrons. The molecule has 1 heterocycles. The number of epoxide rings is 1. The maximum Gasteiger partial charge on any atom is 0.309 e. The Balaban J connectivity index is 1.80. The van der Waals surface area contributed by atoms with Gasteiger partial charge in [0.15, 0.2) is 0 Å². The van der Waals surface area contributed by atoms with Crippen LogP contribution in [0, 0.1) is 5.92 Å². The van der Waals surface area contributed by atoms with Crippen molar-refractivity contribution in [2.24, 2.45) is 5.92 Å². The summed E-state index contributed by atoms with van der Waals surface area (Å²) in [5.74, 6) is -0.0823. The molecule has 1 saturated carbocycles. The molecule has 0 amide bonds. The summed E-state index contributed by atoms with van der Waals surface area (Å²) in [5.41, 5.74) is 0. The second-order valence-electron chi connectivity index (χ2n) is 4.20. The molecule has 3 nitrogen and oxygen atoms in total. The van der Waals surface area contributed by atoms with Crippen molar-refractivity contribution in [2.75, 3.05) is 6.61 Å². The number of rotatable bonds is 3. The van der Waals surface area contributed by atoms with E-state index >= 15 is 0 Å². The smallest absolute Gasteiger partial charge is 0.309 e. The standard InChI is InChI=1S/C11H15BrO3/c1-7(12)6-14-11(13)8-3-2-4-9-10(5-8)15-9/h8-10H,1-6H2. The number of hydrogen-bond acceptors (Lipinski definition) is 3. The summed E-state index contributed by atoms with van der Waals surface area (Å²) < 4.78 is 11.3. The van der Waals surface area contributed by atoms with Gasteiger partial charge in [-0.15, -0.1) is 0 Å². The molecule has 3 unspecified atom stereocenters. The van der Waals surface area contributed by atoms with Gasteiger partial charge < -0.3 is 9.47 Å². The Labute approximate surface area is 97.9 Å². The maximum atomic E-state index is 11.7. The second-order valence-corrected chi connectivity index (χ2v) is 5.32. The predicted molar refractivity (Wildman–Crippen MR) is 59.6 cm³/mol. The van der Waals surface area contributed by atoms with Crippen molar-refractivity contribution < 1.29 is 14.3 Å². The van der Waals surface area contributed by atoms with Crippen LogP contribution in [0.2, 0.25) is 0 Å². The van der Waals surface area contributed by atoms with Crippen LogP contribution in [0.3, 0.4) is 0 Å². The third-order valence-electron chi connectivity index (χ3n) is 2.95. The van der Waals surface area contributed by atoms with Crippen LogP contribution in [0.25, 0.3) is 0 Å². The van der Waals surface area contributed by atoms with Gasteiger partial charge in [0, 0.05) is 4.48 Å². The minimum absolute atomic E-state index is 0.0225. The summed E-state index contributed by atoms with van der Waals surface area (Å²) in [6.07, 6.45) is 4.67. The summed E-state index contributed by atoms with van der Waals surface area (Å²) in [5, 5.41) is 0. The van der Waals surface area contributed by atoms with Gasteiger partial charge in [0.05, 0.1) is 18.1 Å². The van der Waals surface area contributed by atoms with Gasteiger partial charge in [0.2, 0.25) is 0 Å². The van der Waals surface area contributed by atoms with E-state index in [1.165, 1.54) is 0 Å². The van der Waals surface area contributed by atoms with Crippen LogP contribution in [-0.2, 0) is 14.3 Å². The first kappa shape index (κ1) is 11.1. The van der Waals surface area contributed by atoms with Gasteiger partial charge in [-0.05, 0) is 25.7 Å². The molecular formula is C11H15BrO3. The molecule has 2 rings (SSSR count). The first-order valence-corrected chi connectivity index (χ1v) is 6.11. The average molecular weight is 275 g/mol. The lowest BCUT2D eigenvalue weighted by molar-refractivity contribution is -0.148. The van der Waals surface area contributed by atoms with Crippen LogP contribution in [0.15, 0.2) is 11.1 Å². The van der Waals surface area contributed by atoms with Crippen molar-refractivity contribution in [1.29, 1.82) is 0 Å². The average Bonchev–Trinajstić information content (AvgIpc) is 2.89. The third kappa shape index (κ3) is 3.05. The zero-order valence-corrected chi connectivity index (χ0v) is 10.2. The molecule has 0 spiro atoms. The predicted octanol–water partition coefficient (Wildman–Crippen LogP) is 2.40. The topological polar surface area (TPSA) is 38.8 Å². The molecule has 2 fully saturated rings. The molecule has 15 heavy (non-hydrogen) atoms. The van der Waals surface area contributed by atoms with E-state index in [1.807, 2.05) is 0 Å². The van der Waals surface area contributed by atoms with Crippen LogP contribution >= 0.6 is 15.9 Å². The monoisotopic (exact) mass is 274 g/mol. The highest BCUT2D eigenvalue weighted by Crippen LogP contribution is 2.38. The zero-order valence-electron chi connectivity index (χ0n) is 8.58. The zero-order chi connectivity index (χ0) is 10.8. The normalized spacial score (nSPS) is 33.8. The fraction of sp³-hybridized carbons (Fsp3) is 0.727. The Kier molecular flexibility index (Phi) is 3.46. The van der Waals surface area contributed by atoms with Crippen LogP contribution in [0.5, 0.6) is 0 Å². The van der Waals surface area contributed by atoms with Crippen molar-refractivity contribution in [3.05, 3.63) is 11.1 Å². The number of halogens is 1. The molecular weight excluding hydrogens is 260 g/mol. The van der Waals surface area contributed by atoms with Gasteiger partial charge in [-0.1, -0.05) is 22.5 Å². The summed E-state index contributed by atoms with van der Waals surface area (Å²) >= 11 is 3.17. The number of carbonyl (C=O) groups excluding carboxylic acids is 1. The number of carbonyl (C=O) groups is 1. The van der Waals surface area contributed by atoms with E-state index in [1.54, 1.807) is 0 Å². The van der Waals surface area contributed by atoms with E-state index in [-0.39, 0.29) is 18.5 Å². The van der Waals surface area contributed by atoms with Crippen molar-refractivity contribution in [1.82, 2.24) is 0 Å². The Morgan fingerprint density at radius 3 is 3.00 bits per heavy atom. The van der Waals surface area contributed by atoms with Crippen molar-refractivity contribution in [2.45, 2.75) is 37.9 Å². The Morgan fingerprint density at radius 2 is 2.27 bits per heavy atom. The molecule has 0 N–H and O–H groups in total. The van der Waals surface area contributed by atoms with Crippen LogP contribution in [0.4, 0.5) is 0 Å². The van der Waals surface area contributed by atoms with Crippen LogP contribution in [-0.4, -0.2) is 24.8 Å². The minimum Gasteiger partial charge on any atom is -0.460 e. The lowest BCUT2D eigenvalue weighted by Gasteiger charge is -2.13. The maximum absolute atomic E-state index is 11.7. The van der Waals surface area contributed by atoms with Gasteiger partial charge in [-0.2, -0.15) is 0 Å². The highest BCUT2D eigenvalue weighted by Gasteiger charge is 2.43. The minimum atomic E-state index is -0.105. The quantitative estimate of drug-likeness (QED) is 0.586. The van der Waals surface area contributed by atoms with Crippen molar-refractivity contribution >= 4 is 21.9 Å². The second kappa shape index (κ2) is 4.66. The molecule has 4 heteroatoms. The van der Waals surface area contributed by atoms with E-state index in [0.717, 1.165) is 25.7 Å². The molecule has 1 aliphatic heterocycles. The summed E-state index contributed by atoms with van der Waals surface area (Å²) in [4.78, 5) is 11.7. The molecule has 3 atom stereocenters. The van der Waals surface area contributed by atoms with E-state index in [0.29, 0.717) is 16.7 Å². The molecule has 0 aromatic carbocycles. The summed E-state index contributed by atoms with van der Waals surface area (Å²) in [7, 11) is 0. The SMILES string of the molecule is C=C(Br)COC(=O)C1CCCC2OC2C1. The lowest BCUT2D eigenvalue weighted by atomic mass is 10.0. The number of esters is 1. The molecule has 0 aromatic rings. The molecule has 84 valence electrons. The number of fused-ring (bicyclic) bond motifs is 1. The highest BCUT2D eigenvalue weighted by atomic mass is 79.9. The van der Waals surface area contributed by atoms with Crippen molar-refractivity contribution in [3.8, 4) is 0 Å². The summed E-state index contributed by atoms with van der Waals surface area (Å²) in [6, 6.07) is 0. The lowest BCUT2D eigenvalue weighted by Crippen LogP contribution is -2.19.